The molecular formula is C19H24ClN5O. The molecule has 6 nitrogen and oxygen atoms in total. The zero-order chi connectivity index (χ0) is 17.1. The van der Waals surface area contributed by atoms with Crippen molar-refractivity contribution in [3.8, 4) is 0 Å². The van der Waals surface area contributed by atoms with E-state index >= 15 is 0 Å². The van der Waals surface area contributed by atoms with Crippen molar-refractivity contribution in [2.24, 2.45) is 0 Å². The van der Waals surface area contributed by atoms with E-state index in [0.717, 1.165) is 62.4 Å². The molecule has 0 saturated carbocycles. The summed E-state index contributed by atoms with van der Waals surface area (Å²) < 4.78 is 5.40. The van der Waals surface area contributed by atoms with Gasteiger partial charge in [0.25, 0.3) is 0 Å². The number of fused-ring (bicyclic) bond motifs is 1. The van der Waals surface area contributed by atoms with E-state index in [4.69, 9.17) is 4.74 Å². The van der Waals surface area contributed by atoms with Crippen LogP contribution in [0.1, 0.15) is 17.1 Å². The van der Waals surface area contributed by atoms with Gasteiger partial charge in [0.1, 0.15) is 17.2 Å². The molecule has 1 saturated heterocycles. The van der Waals surface area contributed by atoms with Gasteiger partial charge in [-0.2, -0.15) is 0 Å². The van der Waals surface area contributed by atoms with Crippen LogP contribution >= 0.6 is 0 Å². The number of morpholine rings is 1. The van der Waals surface area contributed by atoms with E-state index in [1.165, 1.54) is 11.3 Å². The fraction of sp³-hybridized carbons (Fsp3) is 0.368. The highest BCUT2D eigenvalue weighted by Crippen LogP contribution is 2.27. The van der Waals surface area contributed by atoms with Gasteiger partial charge in [-0.1, -0.05) is 18.2 Å². The fourth-order valence-electron chi connectivity index (χ4n) is 3.29. The van der Waals surface area contributed by atoms with Crippen LogP contribution in [-0.2, 0) is 4.74 Å². The van der Waals surface area contributed by atoms with Crippen LogP contribution in [0.4, 0.5) is 11.5 Å². The lowest BCUT2D eigenvalue weighted by Gasteiger charge is -2.26. The summed E-state index contributed by atoms with van der Waals surface area (Å²) in [5.41, 5.74) is 4.48. The second-order valence-corrected chi connectivity index (χ2v) is 6.41. The van der Waals surface area contributed by atoms with Crippen molar-refractivity contribution < 1.29 is 22.5 Å². The Morgan fingerprint density at radius 2 is 1.92 bits per heavy atom. The van der Waals surface area contributed by atoms with E-state index in [0.29, 0.717) is 0 Å². The number of nitrogens with one attached hydrogen (secondary N) is 1. The topological polar surface area (TPSA) is 66.9 Å². The number of rotatable bonds is 5. The van der Waals surface area contributed by atoms with Crippen LogP contribution in [0.25, 0.3) is 11.8 Å². The van der Waals surface area contributed by atoms with Gasteiger partial charge in [0.05, 0.1) is 13.2 Å². The lowest BCUT2D eigenvalue weighted by molar-refractivity contribution is -0.464. The Morgan fingerprint density at radius 1 is 1.15 bits per heavy atom. The molecule has 138 valence electrons. The number of aromatic nitrogens is 2. The molecule has 4 rings (SSSR count). The minimum absolute atomic E-state index is 0. The maximum atomic E-state index is 5.40. The smallest absolute Gasteiger partial charge is 0.203 e. The molecule has 2 aromatic rings. The number of halogens is 1. The van der Waals surface area contributed by atoms with Gasteiger partial charge in [-0.15, -0.1) is 0 Å². The third-order valence-corrected chi connectivity index (χ3v) is 4.61. The van der Waals surface area contributed by atoms with Gasteiger partial charge < -0.3 is 22.5 Å². The summed E-state index contributed by atoms with van der Waals surface area (Å²) in [4.78, 5) is 11.6. The highest BCUT2D eigenvalue weighted by atomic mass is 35.5. The first kappa shape index (κ1) is 18.8. The van der Waals surface area contributed by atoms with E-state index in [9.17, 15) is 0 Å². The minimum Gasteiger partial charge on any atom is -1.00 e. The van der Waals surface area contributed by atoms with Crippen molar-refractivity contribution in [2.75, 3.05) is 44.7 Å². The van der Waals surface area contributed by atoms with Crippen LogP contribution in [0.15, 0.2) is 30.3 Å². The van der Waals surface area contributed by atoms with Crippen LogP contribution in [-0.4, -0.2) is 54.3 Å². The fourth-order valence-corrected chi connectivity index (χ4v) is 3.29. The standard InChI is InChI=1S/C19H23N5O.ClH/c1-14-21-17-13-16(15-5-3-2-4-6-15)23-18(17)19(22-14)20-7-8-24-9-11-25-12-10-24;/h2-6,13,23H,7-12H2,1H3,(H,20,21,22);1H. The van der Waals surface area contributed by atoms with Gasteiger partial charge in [-0.3, -0.25) is 10.2 Å². The zero-order valence-corrected chi connectivity index (χ0v) is 15.7. The molecule has 0 radical (unpaired) electrons. The van der Waals surface area contributed by atoms with Crippen LogP contribution < -0.4 is 23.0 Å². The van der Waals surface area contributed by atoms with E-state index in [1.54, 1.807) is 0 Å². The molecule has 0 unspecified atom stereocenters. The quantitative estimate of drug-likeness (QED) is 0.650. The maximum absolute atomic E-state index is 5.40. The SMILES string of the molecule is Cc1nc2c(c(NCCN3CCOCC3)n1)[NH2+]C(c1ccccc1)=C2.[Cl-]. The van der Waals surface area contributed by atoms with E-state index in [1.807, 2.05) is 13.0 Å². The van der Waals surface area contributed by atoms with E-state index in [2.05, 4.69) is 55.8 Å². The van der Waals surface area contributed by atoms with Crippen LogP contribution in [0.2, 0.25) is 0 Å². The van der Waals surface area contributed by atoms with Gasteiger partial charge in [0, 0.05) is 37.8 Å². The second-order valence-electron chi connectivity index (χ2n) is 6.41. The molecule has 7 heteroatoms. The van der Waals surface area contributed by atoms with Crippen molar-refractivity contribution in [1.29, 1.82) is 0 Å². The number of benzene rings is 1. The predicted octanol–water partition coefficient (Wildman–Crippen LogP) is -1.76. The van der Waals surface area contributed by atoms with Crippen molar-refractivity contribution >= 4 is 23.3 Å². The molecule has 3 heterocycles. The van der Waals surface area contributed by atoms with Crippen LogP contribution in [0.5, 0.6) is 0 Å². The predicted molar refractivity (Wildman–Crippen MR) is 98.4 cm³/mol. The van der Waals surface area contributed by atoms with Crippen molar-refractivity contribution in [3.05, 3.63) is 47.4 Å². The minimum atomic E-state index is 0. The van der Waals surface area contributed by atoms with Gasteiger partial charge in [0.15, 0.2) is 5.82 Å². The van der Waals surface area contributed by atoms with E-state index in [-0.39, 0.29) is 12.4 Å². The number of hydrogen-bond acceptors (Lipinski definition) is 5. The first-order chi connectivity index (χ1) is 12.3. The molecule has 0 amide bonds. The number of anilines is 1. The monoisotopic (exact) mass is 373 g/mol. The Balaban J connectivity index is 0.00000196. The first-order valence-corrected chi connectivity index (χ1v) is 8.84. The van der Waals surface area contributed by atoms with Gasteiger partial charge in [-0.05, 0) is 19.1 Å². The highest BCUT2D eigenvalue weighted by Gasteiger charge is 2.25. The number of nitrogens with zero attached hydrogens (tertiary/aromatic N) is 3. The summed E-state index contributed by atoms with van der Waals surface area (Å²) in [6.45, 7) is 7.50. The Labute approximate surface area is 160 Å². The van der Waals surface area contributed by atoms with Crippen molar-refractivity contribution in [1.82, 2.24) is 14.9 Å². The molecule has 0 spiro atoms. The zero-order valence-electron chi connectivity index (χ0n) is 14.9. The summed E-state index contributed by atoms with van der Waals surface area (Å²) in [7, 11) is 0. The Kier molecular flexibility index (Phi) is 6.21. The number of quaternary nitrogens is 1. The molecule has 0 aliphatic carbocycles. The molecular weight excluding hydrogens is 350 g/mol. The van der Waals surface area contributed by atoms with E-state index < -0.39 is 0 Å². The molecule has 2 aliphatic heterocycles. The summed E-state index contributed by atoms with van der Waals surface area (Å²) in [6, 6.07) is 10.4. The summed E-state index contributed by atoms with van der Waals surface area (Å²) >= 11 is 0. The van der Waals surface area contributed by atoms with Gasteiger partial charge >= 0.3 is 0 Å². The van der Waals surface area contributed by atoms with Crippen molar-refractivity contribution in [3.63, 3.8) is 0 Å². The average molecular weight is 374 g/mol. The molecule has 0 atom stereocenters. The molecule has 2 aliphatic rings. The summed E-state index contributed by atoms with van der Waals surface area (Å²) in [5.74, 6) is 1.73. The molecule has 26 heavy (non-hydrogen) atoms. The normalized spacial score (nSPS) is 16.6. The number of ether oxygens (including phenoxy) is 1. The Morgan fingerprint density at radius 3 is 2.69 bits per heavy atom. The third kappa shape index (κ3) is 4.22. The van der Waals surface area contributed by atoms with Gasteiger partial charge in [0.2, 0.25) is 5.69 Å². The molecule has 1 aromatic heterocycles. The molecule has 0 bridgehead atoms. The summed E-state index contributed by atoms with van der Waals surface area (Å²) in [6.07, 6.45) is 2.15. The summed E-state index contributed by atoms with van der Waals surface area (Å²) in [5, 5.41) is 5.69. The first-order valence-electron chi connectivity index (χ1n) is 8.84. The van der Waals surface area contributed by atoms with Crippen molar-refractivity contribution in [2.45, 2.75) is 6.92 Å². The molecule has 1 fully saturated rings. The lowest BCUT2D eigenvalue weighted by Crippen LogP contribution is -3.00. The molecule has 3 N–H and O–H groups in total. The van der Waals surface area contributed by atoms with Crippen LogP contribution in [0.3, 0.4) is 0 Å². The third-order valence-electron chi connectivity index (χ3n) is 4.61. The maximum Gasteiger partial charge on any atom is 0.203 e. The number of aryl methyl sites for hydroxylation is 1. The largest absolute Gasteiger partial charge is 1.00 e. The van der Waals surface area contributed by atoms with Crippen LogP contribution in [0, 0.1) is 6.92 Å². The number of hydrogen-bond donors (Lipinski definition) is 2. The Hall–Kier alpha value is -1.99. The van der Waals surface area contributed by atoms with Gasteiger partial charge in [-0.25, -0.2) is 9.97 Å². The second kappa shape index (κ2) is 8.60. The highest BCUT2D eigenvalue weighted by molar-refractivity contribution is 5.85. The lowest BCUT2D eigenvalue weighted by atomic mass is 10.1. The number of nitrogens with two attached hydrogens (primary N) is 1. The molecule has 1 aromatic carbocycles. The average Bonchev–Trinajstić information content (AvgIpc) is 3.07. The Bertz CT molecular complexity index is 775.